The van der Waals surface area contributed by atoms with Gasteiger partial charge in [-0.25, -0.2) is 0 Å². The Hall–Kier alpha value is -1.85. The van der Waals surface area contributed by atoms with Crippen LogP contribution in [0.15, 0.2) is 30.3 Å². The van der Waals surface area contributed by atoms with Gasteiger partial charge in [0, 0.05) is 18.7 Å². The van der Waals surface area contributed by atoms with Crippen LogP contribution >= 0.6 is 12.4 Å². The molecule has 0 saturated carbocycles. The number of halogens is 1. The highest BCUT2D eigenvalue weighted by Crippen LogP contribution is 2.29. The number of aromatic nitrogens is 2. The molecule has 0 spiro atoms. The third kappa shape index (κ3) is 3.41. The minimum absolute atomic E-state index is 0. The summed E-state index contributed by atoms with van der Waals surface area (Å²) < 4.78 is 1.77. The second-order valence-electron chi connectivity index (χ2n) is 5.97. The lowest BCUT2D eigenvalue weighted by Crippen LogP contribution is -2.31. The number of amides is 1. The SMILES string of the molecule is CC(C(=O)Nc1c2c(nn1C)CCC2)C(N)c1ccccc1.Cl. The largest absolute Gasteiger partial charge is 0.323 e. The number of benzene rings is 1. The van der Waals surface area contributed by atoms with E-state index in [-0.39, 0.29) is 30.3 Å². The van der Waals surface area contributed by atoms with Crippen LogP contribution in [0.4, 0.5) is 5.82 Å². The molecule has 1 aliphatic carbocycles. The Morgan fingerprint density at radius 2 is 2.00 bits per heavy atom. The van der Waals surface area contributed by atoms with Gasteiger partial charge in [0.15, 0.2) is 0 Å². The van der Waals surface area contributed by atoms with Gasteiger partial charge in [-0.3, -0.25) is 9.48 Å². The fourth-order valence-corrected chi connectivity index (χ4v) is 3.03. The standard InChI is InChI=1S/C17H22N4O.ClH/c1-11(15(18)12-7-4-3-5-8-12)17(22)19-16-13-9-6-10-14(13)20-21(16)2;/h3-5,7-8,11,15H,6,9-10,18H2,1-2H3,(H,19,22);1H. The predicted octanol–water partition coefficient (Wildman–Crippen LogP) is 2.61. The van der Waals surface area contributed by atoms with E-state index in [9.17, 15) is 4.79 Å². The number of anilines is 1. The van der Waals surface area contributed by atoms with Crippen LogP contribution in [0.25, 0.3) is 0 Å². The summed E-state index contributed by atoms with van der Waals surface area (Å²) in [5.74, 6) is 0.452. The number of hydrogen-bond donors (Lipinski definition) is 2. The number of hydrogen-bond acceptors (Lipinski definition) is 3. The predicted molar refractivity (Wildman–Crippen MR) is 93.6 cm³/mol. The smallest absolute Gasteiger partial charge is 0.230 e. The van der Waals surface area contributed by atoms with Gasteiger partial charge in [0.05, 0.1) is 11.6 Å². The van der Waals surface area contributed by atoms with Crippen molar-refractivity contribution in [2.45, 2.75) is 32.2 Å². The van der Waals surface area contributed by atoms with Crippen molar-refractivity contribution in [3.8, 4) is 0 Å². The lowest BCUT2D eigenvalue weighted by molar-refractivity contribution is -0.120. The quantitative estimate of drug-likeness (QED) is 0.902. The zero-order valence-electron chi connectivity index (χ0n) is 13.5. The molecular formula is C17H23ClN4O. The van der Waals surface area contributed by atoms with Crippen LogP contribution in [0.2, 0.25) is 0 Å². The van der Waals surface area contributed by atoms with Crippen molar-refractivity contribution in [2.24, 2.45) is 18.7 Å². The van der Waals surface area contributed by atoms with Crippen LogP contribution in [0.3, 0.4) is 0 Å². The van der Waals surface area contributed by atoms with E-state index in [4.69, 9.17) is 5.73 Å². The minimum atomic E-state index is -0.317. The van der Waals surface area contributed by atoms with Gasteiger partial charge in [-0.05, 0) is 24.8 Å². The number of fused-ring (bicyclic) bond motifs is 1. The molecular weight excluding hydrogens is 312 g/mol. The number of nitrogens with zero attached hydrogens (tertiary/aromatic N) is 2. The molecule has 0 radical (unpaired) electrons. The molecule has 2 aromatic rings. The summed E-state index contributed by atoms with van der Waals surface area (Å²) in [5.41, 5.74) is 9.49. The van der Waals surface area contributed by atoms with E-state index >= 15 is 0 Å². The maximum atomic E-state index is 12.5. The molecule has 1 aromatic carbocycles. The maximum Gasteiger partial charge on any atom is 0.230 e. The van der Waals surface area contributed by atoms with Crippen LogP contribution in [-0.4, -0.2) is 15.7 Å². The monoisotopic (exact) mass is 334 g/mol. The summed E-state index contributed by atoms with van der Waals surface area (Å²) in [6, 6.07) is 9.41. The summed E-state index contributed by atoms with van der Waals surface area (Å²) in [6.45, 7) is 1.86. The van der Waals surface area contributed by atoms with Crippen molar-refractivity contribution < 1.29 is 4.79 Å². The van der Waals surface area contributed by atoms with E-state index in [0.29, 0.717) is 0 Å². The molecule has 3 rings (SSSR count). The summed E-state index contributed by atoms with van der Waals surface area (Å²) in [4.78, 5) is 12.5. The normalized spacial score (nSPS) is 15.4. The average Bonchev–Trinajstić information content (AvgIpc) is 3.09. The third-order valence-corrected chi connectivity index (χ3v) is 4.45. The first-order valence-corrected chi connectivity index (χ1v) is 7.74. The van der Waals surface area contributed by atoms with Gasteiger partial charge in [-0.15, -0.1) is 12.4 Å². The van der Waals surface area contributed by atoms with Crippen LogP contribution in [-0.2, 0) is 24.7 Å². The Bertz CT molecular complexity index is 683. The van der Waals surface area contributed by atoms with Crippen LogP contribution in [0.5, 0.6) is 0 Å². The summed E-state index contributed by atoms with van der Waals surface area (Å²) >= 11 is 0. The van der Waals surface area contributed by atoms with Crippen molar-refractivity contribution in [3.63, 3.8) is 0 Å². The van der Waals surface area contributed by atoms with Crippen molar-refractivity contribution in [1.82, 2.24) is 9.78 Å². The number of aryl methyl sites for hydroxylation is 2. The molecule has 6 heteroatoms. The highest BCUT2D eigenvalue weighted by atomic mass is 35.5. The Morgan fingerprint density at radius 3 is 2.70 bits per heavy atom. The molecule has 2 atom stereocenters. The molecule has 23 heavy (non-hydrogen) atoms. The minimum Gasteiger partial charge on any atom is -0.323 e. The molecule has 3 N–H and O–H groups in total. The number of nitrogens with one attached hydrogen (secondary N) is 1. The molecule has 2 unspecified atom stereocenters. The van der Waals surface area contributed by atoms with Crippen molar-refractivity contribution in [1.29, 1.82) is 0 Å². The molecule has 0 aliphatic heterocycles. The lowest BCUT2D eigenvalue weighted by Gasteiger charge is -2.20. The van der Waals surface area contributed by atoms with E-state index in [0.717, 1.165) is 36.3 Å². The summed E-state index contributed by atoms with van der Waals surface area (Å²) in [5, 5.41) is 7.50. The molecule has 0 saturated heterocycles. The fourth-order valence-electron chi connectivity index (χ4n) is 3.03. The molecule has 1 aromatic heterocycles. The number of carbonyl (C=O) groups excluding carboxylic acids is 1. The van der Waals surface area contributed by atoms with Gasteiger partial charge >= 0.3 is 0 Å². The zero-order valence-corrected chi connectivity index (χ0v) is 14.3. The molecule has 124 valence electrons. The lowest BCUT2D eigenvalue weighted by atomic mass is 9.94. The van der Waals surface area contributed by atoms with E-state index in [2.05, 4.69) is 10.4 Å². The van der Waals surface area contributed by atoms with Crippen LogP contribution < -0.4 is 11.1 Å². The first kappa shape index (κ1) is 17.5. The second kappa shape index (κ2) is 7.15. The molecule has 0 fully saturated rings. The van der Waals surface area contributed by atoms with E-state index in [1.54, 1.807) is 4.68 Å². The van der Waals surface area contributed by atoms with Crippen molar-refractivity contribution in [3.05, 3.63) is 47.2 Å². The molecule has 1 heterocycles. The van der Waals surface area contributed by atoms with Crippen molar-refractivity contribution in [2.75, 3.05) is 5.32 Å². The van der Waals surface area contributed by atoms with Gasteiger partial charge in [0.2, 0.25) is 5.91 Å². The highest BCUT2D eigenvalue weighted by Gasteiger charge is 2.26. The molecule has 5 nitrogen and oxygen atoms in total. The maximum absolute atomic E-state index is 12.5. The second-order valence-corrected chi connectivity index (χ2v) is 5.97. The summed E-state index contributed by atoms with van der Waals surface area (Å²) in [7, 11) is 1.87. The topological polar surface area (TPSA) is 72.9 Å². The van der Waals surface area contributed by atoms with Gasteiger partial charge in [-0.2, -0.15) is 5.10 Å². The third-order valence-electron chi connectivity index (χ3n) is 4.45. The Morgan fingerprint density at radius 1 is 1.30 bits per heavy atom. The zero-order chi connectivity index (χ0) is 15.7. The number of nitrogens with two attached hydrogens (primary N) is 1. The molecule has 1 aliphatic rings. The van der Waals surface area contributed by atoms with Gasteiger partial charge in [0.25, 0.3) is 0 Å². The van der Waals surface area contributed by atoms with Crippen LogP contribution in [0.1, 0.15) is 36.2 Å². The Balaban J connectivity index is 0.00000192. The number of rotatable bonds is 4. The highest BCUT2D eigenvalue weighted by molar-refractivity contribution is 5.93. The number of carbonyl (C=O) groups is 1. The fraction of sp³-hybridized carbons (Fsp3) is 0.412. The van der Waals surface area contributed by atoms with Crippen molar-refractivity contribution >= 4 is 24.1 Å². The average molecular weight is 335 g/mol. The molecule has 0 bridgehead atoms. The van der Waals surface area contributed by atoms with Crippen LogP contribution in [0, 0.1) is 5.92 Å². The van der Waals surface area contributed by atoms with Gasteiger partial charge in [0.1, 0.15) is 5.82 Å². The van der Waals surface area contributed by atoms with Gasteiger partial charge in [-0.1, -0.05) is 37.3 Å². The Labute approximate surface area is 142 Å². The van der Waals surface area contributed by atoms with E-state index in [1.807, 2.05) is 44.3 Å². The van der Waals surface area contributed by atoms with E-state index < -0.39 is 0 Å². The first-order valence-electron chi connectivity index (χ1n) is 7.74. The summed E-state index contributed by atoms with van der Waals surface area (Å²) in [6.07, 6.45) is 3.09. The Kier molecular flexibility index (Phi) is 5.44. The van der Waals surface area contributed by atoms with Gasteiger partial charge < -0.3 is 11.1 Å². The molecule has 1 amide bonds. The first-order chi connectivity index (χ1) is 10.6. The van der Waals surface area contributed by atoms with E-state index in [1.165, 1.54) is 5.56 Å².